The van der Waals surface area contributed by atoms with Gasteiger partial charge in [0.1, 0.15) is 17.8 Å². The average molecular weight is 477 g/mol. The normalized spacial score (nSPS) is 17.5. The molecule has 0 aliphatic heterocycles. The molecule has 3 aromatic rings. The minimum Gasteiger partial charge on any atom is -0.408 e. The van der Waals surface area contributed by atoms with E-state index < -0.39 is 12.5 Å². The zero-order chi connectivity index (χ0) is 24.6. The summed E-state index contributed by atoms with van der Waals surface area (Å²) < 4.78 is 48.3. The highest BCUT2D eigenvalue weighted by Gasteiger charge is 2.31. The van der Waals surface area contributed by atoms with Crippen LogP contribution in [-0.2, 0) is 0 Å². The molecule has 2 aliphatic carbocycles. The number of alkyl halides is 3. The second-order valence-electron chi connectivity index (χ2n) is 7.91. The fraction of sp³-hybridized carbons (Fsp3) is 0.115. The summed E-state index contributed by atoms with van der Waals surface area (Å²) in [5.41, 5.74) is 4.43. The van der Waals surface area contributed by atoms with Crippen molar-refractivity contribution in [3.8, 4) is 17.2 Å². The molecule has 35 heavy (non-hydrogen) atoms. The predicted molar refractivity (Wildman–Crippen MR) is 124 cm³/mol. The number of hydrogen-bond acceptors (Lipinski definition) is 4. The van der Waals surface area contributed by atoms with Gasteiger partial charge < -0.3 is 9.47 Å². The first-order valence-electron chi connectivity index (χ1n) is 10.6. The van der Waals surface area contributed by atoms with Crippen LogP contribution < -0.4 is 9.47 Å². The van der Waals surface area contributed by atoms with Gasteiger partial charge in [-0.05, 0) is 66.6 Å². The van der Waals surface area contributed by atoms with E-state index >= 15 is 0 Å². The summed E-state index contributed by atoms with van der Waals surface area (Å²) in [5, 5.41) is 0. The van der Waals surface area contributed by atoms with Crippen LogP contribution in [0.25, 0.3) is 11.8 Å². The average Bonchev–Trinajstić information content (AvgIpc) is 3.24. The maximum Gasteiger partial charge on any atom is 0.573 e. The number of fused-ring (bicyclic) bond motifs is 3. The van der Waals surface area contributed by atoms with Gasteiger partial charge in [-0.1, -0.05) is 30.4 Å². The molecule has 0 N–H and O–H groups in total. The lowest BCUT2D eigenvalue weighted by Crippen LogP contribution is -2.17. The SMILES string of the molecule is Cc1ccccc1OC(=O)N=C1C=CC2C(=C1)C=Cc1c2ncn1-c1ccc(OC(F)(F)F)cc1. The Labute approximate surface area is 198 Å². The first-order valence-corrected chi connectivity index (χ1v) is 10.6. The molecule has 9 heteroatoms. The molecule has 6 nitrogen and oxygen atoms in total. The molecule has 1 heterocycles. The number of halogens is 3. The Balaban J connectivity index is 1.35. The van der Waals surface area contributed by atoms with Gasteiger partial charge in [-0.25, -0.2) is 9.78 Å². The third-order valence-corrected chi connectivity index (χ3v) is 5.56. The highest BCUT2D eigenvalue weighted by atomic mass is 19.4. The van der Waals surface area contributed by atoms with Gasteiger partial charge in [0.2, 0.25) is 0 Å². The molecule has 0 spiro atoms. The van der Waals surface area contributed by atoms with Gasteiger partial charge in [-0.3, -0.25) is 4.57 Å². The first-order chi connectivity index (χ1) is 16.8. The van der Waals surface area contributed by atoms with E-state index in [1.807, 2.05) is 37.3 Å². The van der Waals surface area contributed by atoms with Gasteiger partial charge in [-0.2, -0.15) is 4.99 Å². The Morgan fingerprint density at radius 3 is 2.57 bits per heavy atom. The molecular formula is C26H18F3N3O3. The van der Waals surface area contributed by atoms with Crippen LogP contribution in [0.4, 0.5) is 18.0 Å². The van der Waals surface area contributed by atoms with Crippen LogP contribution in [0, 0.1) is 6.92 Å². The number of aryl methyl sites for hydroxylation is 1. The maximum atomic E-state index is 12.4. The lowest BCUT2D eigenvalue weighted by atomic mass is 9.85. The molecular weight excluding hydrogens is 459 g/mol. The Kier molecular flexibility index (Phi) is 5.60. The van der Waals surface area contributed by atoms with Crippen molar-refractivity contribution in [2.75, 3.05) is 0 Å². The predicted octanol–water partition coefficient (Wildman–Crippen LogP) is 6.33. The minimum absolute atomic E-state index is 0.143. The lowest BCUT2D eigenvalue weighted by molar-refractivity contribution is -0.274. The Morgan fingerprint density at radius 2 is 1.83 bits per heavy atom. The molecule has 1 amide bonds. The molecule has 5 rings (SSSR count). The number of aromatic nitrogens is 2. The molecule has 176 valence electrons. The Hall–Kier alpha value is -4.40. The van der Waals surface area contributed by atoms with Crippen molar-refractivity contribution >= 4 is 17.9 Å². The van der Waals surface area contributed by atoms with Gasteiger partial charge in [-0.15, -0.1) is 13.2 Å². The van der Waals surface area contributed by atoms with Crippen LogP contribution in [0.15, 0.2) is 89.7 Å². The quantitative estimate of drug-likeness (QED) is 0.443. The summed E-state index contributed by atoms with van der Waals surface area (Å²) in [6, 6.07) is 12.8. The molecule has 1 unspecified atom stereocenters. The number of aliphatic imine (C=N–C) groups is 1. The standard InChI is InChI=1S/C26H18F3N3O3/c1-16-4-2-3-5-23(16)34-25(33)31-18-7-12-21-17(14-18)6-13-22-24(21)30-15-32(22)19-8-10-20(11-9-19)35-26(27,28)29/h2-15,21H,1H3. The summed E-state index contributed by atoms with van der Waals surface area (Å²) in [6.07, 6.45) is 5.37. The smallest absolute Gasteiger partial charge is 0.408 e. The topological polar surface area (TPSA) is 65.7 Å². The second kappa shape index (κ2) is 8.75. The van der Waals surface area contributed by atoms with E-state index in [-0.39, 0.29) is 11.7 Å². The summed E-state index contributed by atoms with van der Waals surface area (Å²) in [4.78, 5) is 20.8. The van der Waals surface area contributed by atoms with Gasteiger partial charge in [0, 0.05) is 11.6 Å². The van der Waals surface area contributed by atoms with Gasteiger partial charge in [0.15, 0.2) is 0 Å². The monoisotopic (exact) mass is 477 g/mol. The maximum absolute atomic E-state index is 12.4. The molecule has 2 aromatic carbocycles. The molecule has 0 saturated heterocycles. The fourth-order valence-corrected chi connectivity index (χ4v) is 3.94. The number of nitrogens with zero attached hydrogens (tertiary/aromatic N) is 3. The third-order valence-electron chi connectivity index (χ3n) is 5.56. The molecule has 0 saturated carbocycles. The van der Waals surface area contributed by atoms with Crippen LogP contribution in [-0.4, -0.2) is 27.7 Å². The first kappa shape index (κ1) is 22.4. The van der Waals surface area contributed by atoms with Crippen LogP contribution in [0.5, 0.6) is 11.5 Å². The van der Waals surface area contributed by atoms with E-state index in [1.165, 1.54) is 24.3 Å². The summed E-state index contributed by atoms with van der Waals surface area (Å²) in [7, 11) is 0. The van der Waals surface area contributed by atoms with Crippen LogP contribution in [0.2, 0.25) is 0 Å². The summed E-state index contributed by atoms with van der Waals surface area (Å²) in [6.45, 7) is 1.84. The van der Waals surface area contributed by atoms with Gasteiger partial charge >= 0.3 is 12.5 Å². The number of para-hydroxylation sites is 1. The number of imidazole rings is 1. The molecule has 0 radical (unpaired) electrons. The van der Waals surface area contributed by atoms with Crippen molar-refractivity contribution in [2.45, 2.75) is 19.2 Å². The van der Waals surface area contributed by atoms with E-state index in [2.05, 4.69) is 14.7 Å². The summed E-state index contributed by atoms with van der Waals surface area (Å²) >= 11 is 0. The number of allylic oxidation sites excluding steroid dienone is 5. The van der Waals surface area contributed by atoms with Crippen LogP contribution >= 0.6 is 0 Å². The second-order valence-corrected chi connectivity index (χ2v) is 7.91. The number of benzene rings is 2. The van der Waals surface area contributed by atoms with Gasteiger partial charge in [0.25, 0.3) is 0 Å². The lowest BCUT2D eigenvalue weighted by Gasteiger charge is -2.21. The van der Waals surface area contributed by atoms with Gasteiger partial charge in [0.05, 0.1) is 17.1 Å². The zero-order valence-corrected chi connectivity index (χ0v) is 18.4. The van der Waals surface area contributed by atoms with Crippen molar-refractivity contribution < 1.29 is 27.4 Å². The van der Waals surface area contributed by atoms with E-state index in [1.54, 1.807) is 35.2 Å². The van der Waals surface area contributed by atoms with Crippen molar-refractivity contribution in [3.05, 3.63) is 102 Å². The number of hydrogen-bond donors (Lipinski definition) is 0. The van der Waals surface area contributed by atoms with Crippen LogP contribution in [0.1, 0.15) is 22.9 Å². The van der Waals surface area contributed by atoms with Crippen molar-refractivity contribution in [1.29, 1.82) is 0 Å². The number of rotatable bonds is 3. The minimum atomic E-state index is -4.74. The summed E-state index contributed by atoms with van der Waals surface area (Å²) in [5.74, 6) is 0.0207. The number of carbonyl (C=O) groups is 1. The van der Waals surface area contributed by atoms with Crippen molar-refractivity contribution in [1.82, 2.24) is 9.55 Å². The highest BCUT2D eigenvalue weighted by Crippen LogP contribution is 2.37. The van der Waals surface area contributed by atoms with Crippen LogP contribution in [0.3, 0.4) is 0 Å². The van der Waals surface area contributed by atoms with E-state index in [0.29, 0.717) is 17.1 Å². The number of carbonyl (C=O) groups excluding carboxylic acids is 1. The molecule has 0 bridgehead atoms. The van der Waals surface area contributed by atoms with E-state index in [0.717, 1.165) is 22.5 Å². The number of amides is 1. The molecule has 1 atom stereocenters. The highest BCUT2D eigenvalue weighted by molar-refractivity contribution is 6.10. The van der Waals surface area contributed by atoms with E-state index in [4.69, 9.17) is 4.74 Å². The number of ether oxygens (including phenoxy) is 2. The van der Waals surface area contributed by atoms with E-state index in [9.17, 15) is 18.0 Å². The fourth-order valence-electron chi connectivity index (χ4n) is 3.94. The Morgan fingerprint density at radius 1 is 1.06 bits per heavy atom. The van der Waals surface area contributed by atoms with Crippen molar-refractivity contribution in [3.63, 3.8) is 0 Å². The third kappa shape index (κ3) is 4.79. The molecule has 1 aromatic heterocycles. The van der Waals surface area contributed by atoms with Crippen molar-refractivity contribution in [2.24, 2.45) is 4.99 Å². The molecule has 2 aliphatic rings. The zero-order valence-electron chi connectivity index (χ0n) is 18.4. The largest absolute Gasteiger partial charge is 0.573 e. The molecule has 0 fully saturated rings. The Bertz CT molecular complexity index is 1410.